The fraction of sp³-hybridized carbons (Fsp3) is 0.667. The molecule has 0 heterocycles. The molecule has 0 amide bonds. The van der Waals surface area contributed by atoms with Gasteiger partial charge < -0.3 is 10.2 Å². The highest BCUT2D eigenvalue weighted by atomic mass is 16.3. The zero-order valence-corrected chi connectivity index (χ0v) is 14.9. The van der Waals surface area contributed by atoms with E-state index in [4.69, 9.17) is 0 Å². The van der Waals surface area contributed by atoms with Crippen molar-refractivity contribution in [1.82, 2.24) is 0 Å². The van der Waals surface area contributed by atoms with Crippen LogP contribution in [0.25, 0.3) is 0 Å². The van der Waals surface area contributed by atoms with Crippen LogP contribution in [0.4, 0.5) is 0 Å². The van der Waals surface area contributed by atoms with Crippen LogP contribution in [-0.2, 0) is 4.79 Å². The summed E-state index contributed by atoms with van der Waals surface area (Å²) in [7, 11) is 0. The third-order valence-corrected chi connectivity index (χ3v) is 6.72. The molecule has 0 aromatic rings. The number of Topliss-reactive ketones (excluding diaryl/α,β-unsaturated/α-hetero) is 1. The minimum absolute atomic E-state index is 0.108. The van der Waals surface area contributed by atoms with Crippen molar-refractivity contribution in [2.45, 2.75) is 71.0 Å². The topological polar surface area (TPSA) is 57.5 Å². The number of aliphatic hydroxyl groups is 2. The Hall–Kier alpha value is -1.19. The maximum absolute atomic E-state index is 12.0. The first kappa shape index (κ1) is 17.6. The third kappa shape index (κ3) is 3.04. The molecule has 3 rings (SSSR count). The molecule has 5 atom stereocenters. The van der Waals surface area contributed by atoms with Gasteiger partial charge in [-0.2, -0.15) is 0 Å². The van der Waals surface area contributed by atoms with E-state index >= 15 is 0 Å². The molecule has 0 spiro atoms. The highest BCUT2D eigenvalue weighted by Gasteiger charge is 2.50. The minimum atomic E-state index is -0.636. The summed E-state index contributed by atoms with van der Waals surface area (Å²) in [5.41, 5.74) is 3.24. The predicted molar refractivity (Wildman–Crippen MR) is 95.4 cm³/mol. The van der Waals surface area contributed by atoms with Crippen LogP contribution in [-0.4, -0.2) is 28.2 Å². The molecule has 0 aromatic carbocycles. The van der Waals surface area contributed by atoms with E-state index < -0.39 is 12.2 Å². The van der Waals surface area contributed by atoms with E-state index in [-0.39, 0.29) is 11.3 Å². The second kappa shape index (κ2) is 6.61. The van der Waals surface area contributed by atoms with Crippen molar-refractivity contribution in [3.8, 4) is 0 Å². The number of allylic oxidation sites excluding steroid dienone is 3. The van der Waals surface area contributed by atoms with E-state index in [1.165, 1.54) is 5.57 Å². The van der Waals surface area contributed by atoms with Crippen molar-refractivity contribution in [2.75, 3.05) is 0 Å². The number of hydrogen-bond donors (Lipinski definition) is 2. The summed E-state index contributed by atoms with van der Waals surface area (Å²) in [5, 5.41) is 19.9. The molecule has 3 nitrogen and oxygen atoms in total. The molecular formula is C21H30O3. The normalized spacial score (nSPS) is 43.2. The van der Waals surface area contributed by atoms with Gasteiger partial charge in [0.05, 0.1) is 12.2 Å². The first-order valence-electron chi connectivity index (χ1n) is 9.28. The van der Waals surface area contributed by atoms with E-state index in [0.29, 0.717) is 24.5 Å². The quantitative estimate of drug-likeness (QED) is 0.811. The van der Waals surface area contributed by atoms with Gasteiger partial charge in [0.15, 0.2) is 0 Å². The number of hydrogen-bond acceptors (Lipinski definition) is 3. The van der Waals surface area contributed by atoms with Crippen LogP contribution in [0.15, 0.2) is 35.5 Å². The SMILES string of the molecule is C=C1/C(=C\C=C2/CCC[C@]3(C)[C@@H](C(C)=O)CC[C@@H]23)C[C@@H](O)C[C@@H]1O. The van der Waals surface area contributed by atoms with Gasteiger partial charge in [-0.15, -0.1) is 0 Å². The van der Waals surface area contributed by atoms with E-state index in [0.717, 1.165) is 43.3 Å². The standard InChI is InChI=1S/C21H30O3/c1-13-16(11-17(23)12-20(13)24)7-6-15-5-4-10-21(3)18(14(2)22)8-9-19(15)21/h6-7,17-20,23-24H,1,4-5,8-12H2,2-3H3/b15-6+,16-7-/t17-,18-,19+,20+,21-/m1/s1. The van der Waals surface area contributed by atoms with Crippen molar-refractivity contribution in [1.29, 1.82) is 0 Å². The molecule has 0 bridgehead atoms. The lowest BCUT2D eigenvalue weighted by Crippen LogP contribution is -2.36. The van der Waals surface area contributed by atoms with Crippen LogP contribution in [0.3, 0.4) is 0 Å². The highest BCUT2D eigenvalue weighted by Crippen LogP contribution is 2.57. The summed E-state index contributed by atoms with van der Waals surface area (Å²) < 4.78 is 0. The van der Waals surface area contributed by atoms with Crippen LogP contribution in [0.2, 0.25) is 0 Å². The molecule has 0 aromatic heterocycles. The highest BCUT2D eigenvalue weighted by molar-refractivity contribution is 5.79. The van der Waals surface area contributed by atoms with Crippen molar-refractivity contribution >= 4 is 5.78 Å². The van der Waals surface area contributed by atoms with Gasteiger partial charge in [-0.1, -0.05) is 31.2 Å². The lowest BCUT2D eigenvalue weighted by Gasteiger charge is -2.41. The smallest absolute Gasteiger partial charge is 0.133 e. The number of carbonyl (C=O) groups is 1. The van der Waals surface area contributed by atoms with Crippen molar-refractivity contribution in [3.05, 3.63) is 35.5 Å². The zero-order chi connectivity index (χ0) is 17.5. The third-order valence-electron chi connectivity index (χ3n) is 6.72. The molecule has 24 heavy (non-hydrogen) atoms. The summed E-state index contributed by atoms with van der Waals surface area (Å²) in [6, 6.07) is 0. The Kier molecular flexibility index (Phi) is 4.85. The maximum Gasteiger partial charge on any atom is 0.133 e. The molecule has 0 aliphatic heterocycles. The molecular weight excluding hydrogens is 300 g/mol. The van der Waals surface area contributed by atoms with Gasteiger partial charge >= 0.3 is 0 Å². The zero-order valence-electron chi connectivity index (χ0n) is 14.9. The van der Waals surface area contributed by atoms with Crippen molar-refractivity contribution in [2.24, 2.45) is 17.3 Å². The van der Waals surface area contributed by atoms with Gasteiger partial charge in [-0.05, 0) is 67.9 Å². The number of rotatable bonds is 2. The van der Waals surface area contributed by atoms with Gasteiger partial charge in [0.1, 0.15) is 5.78 Å². The Morgan fingerprint density at radius 1 is 1.29 bits per heavy atom. The van der Waals surface area contributed by atoms with Crippen LogP contribution < -0.4 is 0 Å². The second-order valence-electron chi connectivity index (χ2n) is 8.22. The summed E-state index contributed by atoms with van der Waals surface area (Å²) >= 11 is 0. The van der Waals surface area contributed by atoms with E-state index in [2.05, 4.69) is 25.7 Å². The Bertz CT molecular complexity index is 600. The van der Waals surface area contributed by atoms with E-state index in [1.54, 1.807) is 6.92 Å². The molecule has 3 aliphatic rings. The molecule has 0 saturated heterocycles. The van der Waals surface area contributed by atoms with Gasteiger partial charge in [0, 0.05) is 12.3 Å². The summed E-state index contributed by atoms with van der Waals surface area (Å²) in [4.78, 5) is 12.0. The van der Waals surface area contributed by atoms with Gasteiger partial charge in [0.25, 0.3) is 0 Å². The monoisotopic (exact) mass is 330 g/mol. The largest absolute Gasteiger partial charge is 0.393 e. The number of ketones is 1. The van der Waals surface area contributed by atoms with E-state index in [1.807, 2.05) is 0 Å². The molecule has 3 saturated carbocycles. The van der Waals surface area contributed by atoms with Crippen molar-refractivity contribution < 1.29 is 15.0 Å². The summed E-state index contributed by atoms with van der Waals surface area (Å²) in [5.74, 6) is 1.03. The van der Waals surface area contributed by atoms with Gasteiger partial charge in [-0.25, -0.2) is 0 Å². The van der Waals surface area contributed by atoms with Crippen molar-refractivity contribution in [3.63, 3.8) is 0 Å². The Labute approximate surface area is 145 Å². The van der Waals surface area contributed by atoms with Crippen LogP contribution in [0.1, 0.15) is 58.8 Å². The average molecular weight is 330 g/mol. The first-order valence-corrected chi connectivity index (χ1v) is 9.28. The lowest BCUT2D eigenvalue weighted by atomic mass is 9.63. The number of aliphatic hydroxyl groups excluding tert-OH is 2. The molecule has 2 N–H and O–H groups in total. The predicted octanol–water partition coefficient (Wildman–Crippen LogP) is 3.72. The van der Waals surface area contributed by atoms with Gasteiger partial charge in [-0.3, -0.25) is 4.79 Å². The summed E-state index contributed by atoms with van der Waals surface area (Å²) in [6.07, 6.45) is 9.54. The molecule has 0 radical (unpaired) electrons. The first-order chi connectivity index (χ1) is 11.3. The lowest BCUT2D eigenvalue weighted by molar-refractivity contribution is -0.124. The Balaban J connectivity index is 1.84. The van der Waals surface area contributed by atoms with Crippen LogP contribution >= 0.6 is 0 Å². The molecule has 0 unspecified atom stereocenters. The summed E-state index contributed by atoms with van der Waals surface area (Å²) in [6.45, 7) is 8.03. The second-order valence-corrected chi connectivity index (χ2v) is 8.22. The fourth-order valence-corrected chi connectivity index (χ4v) is 5.37. The Morgan fingerprint density at radius 3 is 2.75 bits per heavy atom. The number of fused-ring (bicyclic) bond motifs is 1. The number of carbonyl (C=O) groups excluding carboxylic acids is 1. The molecule has 3 aliphatic carbocycles. The molecule has 3 fully saturated rings. The van der Waals surface area contributed by atoms with Crippen LogP contribution in [0.5, 0.6) is 0 Å². The molecule has 3 heteroatoms. The molecule has 132 valence electrons. The Morgan fingerprint density at radius 2 is 2.04 bits per heavy atom. The van der Waals surface area contributed by atoms with Crippen LogP contribution in [0, 0.1) is 17.3 Å². The minimum Gasteiger partial charge on any atom is -0.393 e. The fourth-order valence-electron chi connectivity index (χ4n) is 5.37. The average Bonchev–Trinajstić information content (AvgIpc) is 2.87. The van der Waals surface area contributed by atoms with E-state index in [9.17, 15) is 15.0 Å². The maximum atomic E-state index is 12.0. The van der Waals surface area contributed by atoms with Gasteiger partial charge in [0.2, 0.25) is 0 Å².